The number of hydrogen-bond donors (Lipinski definition) is 1. The van der Waals surface area contributed by atoms with Crippen molar-refractivity contribution in [1.82, 2.24) is 4.31 Å². The van der Waals surface area contributed by atoms with Gasteiger partial charge in [-0.15, -0.1) is 0 Å². The number of benzene rings is 2. The van der Waals surface area contributed by atoms with Crippen LogP contribution in [-0.2, 0) is 27.8 Å². The molecule has 2 aromatic rings. The van der Waals surface area contributed by atoms with Crippen LogP contribution in [0.5, 0.6) is 0 Å². The molecule has 2 aromatic carbocycles. The highest BCUT2D eigenvalue weighted by Crippen LogP contribution is 2.31. The molecule has 6 nitrogen and oxygen atoms in total. The largest absolute Gasteiger partial charge is 0.370 e. The zero-order chi connectivity index (χ0) is 21.1. The van der Waals surface area contributed by atoms with Gasteiger partial charge in [0.15, 0.2) is 0 Å². The highest BCUT2D eigenvalue weighted by atomic mass is 32.2. The van der Waals surface area contributed by atoms with E-state index in [1.807, 2.05) is 48.5 Å². The number of carbonyl (C=O) groups is 1. The van der Waals surface area contributed by atoms with E-state index in [2.05, 4.69) is 10.2 Å². The summed E-state index contributed by atoms with van der Waals surface area (Å²) in [5.74, 6) is -0.297. The number of rotatable bonds is 5. The van der Waals surface area contributed by atoms with Gasteiger partial charge in [-0.3, -0.25) is 4.79 Å². The minimum absolute atomic E-state index is 0.0245. The first kappa shape index (κ1) is 20.9. The molecular formula is C23H29N3O3S. The number of hydrogen-bond acceptors (Lipinski definition) is 4. The van der Waals surface area contributed by atoms with Crippen molar-refractivity contribution >= 4 is 27.3 Å². The molecule has 1 saturated heterocycles. The predicted molar refractivity (Wildman–Crippen MR) is 120 cm³/mol. The number of piperidine rings is 1. The van der Waals surface area contributed by atoms with Crippen LogP contribution >= 0.6 is 0 Å². The Morgan fingerprint density at radius 3 is 2.40 bits per heavy atom. The van der Waals surface area contributed by atoms with E-state index in [9.17, 15) is 13.2 Å². The second kappa shape index (κ2) is 8.78. The Labute approximate surface area is 178 Å². The molecule has 0 unspecified atom stereocenters. The number of carbonyl (C=O) groups excluding carboxylic acids is 1. The molecule has 1 atom stereocenters. The van der Waals surface area contributed by atoms with Crippen molar-refractivity contribution in [3.63, 3.8) is 0 Å². The maximum Gasteiger partial charge on any atom is 0.243 e. The van der Waals surface area contributed by atoms with Gasteiger partial charge in [0.1, 0.15) is 6.04 Å². The summed E-state index contributed by atoms with van der Waals surface area (Å²) in [6.45, 7) is 3.80. The van der Waals surface area contributed by atoms with E-state index in [1.54, 1.807) is 6.92 Å². The summed E-state index contributed by atoms with van der Waals surface area (Å²) in [6, 6.07) is 14.8. The highest BCUT2D eigenvalue weighted by molar-refractivity contribution is 7.89. The first-order valence-electron chi connectivity index (χ1n) is 10.7. The van der Waals surface area contributed by atoms with Gasteiger partial charge in [0.25, 0.3) is 0 Å². The third-order valence-corrected chi connectivity index (χ3v) is 7.92. The van der Waals surface area contributed by atoms with Crippen molar-refractivity contribution in [2.75, 3.05) is 29.1 Å². The van der Waals surface area contributed by atoms with Gasteiger partial charge in [0.2, 0.25) is 15.9 Å². The molecule has 0 spiro atoms. The number of nitrogens with zero attached hydrogens (tertiary/aromatic N) is 2. The number of amides is 1. The van der Waals surface area contributed by atoms with Crippen molar-refractivity contribution in [2.24, 2.45) is 0 Å². The van der Waals surface area contributed by atoms with Gasteiger partial charge < -0.3 is 10.2 Å². The maximum absolute atomic E-state index is 13.3. The predicted octanol–water partition coefficient (Wildman–Crippen LogP) is 3.39. The fourth-order valence-corrected chi connectivity index (χ4v) is 5.61. The molecule has 1 fully saturated rings. The molecule has 7 heteroatoms. The Kier molecular flexibility index (Phi) is 6.11. The lowest BCUT2D eigenvalue weighted by Crippen LogP contribution is -2.51. The van der Waals surface area contributed by atoms with Crippen molar-refractivity contribution < 1.29 is 13.2 Å². The van der Waals surface area contributed by atoms with E-state index < -0.39 is 16.1 Å². The van der Waals surface area contributed by atoms with Gasteiger partial charge >= 0.3 is 0 Å². The first-order valence-corrected chi connectivity index (χ1v) is 12.3. The Morgan fingerprint density at radius 2 is 1.67 bits per heavy atom. The Hall–Kier alpha value is -2.38. The van der Waals surface area contributed by atoms with Crippen molar-refractivity contribution in [1.29, 1.82) is 0 Å². The summed E-state index contributed by atoms with van der Waals surface area (Å²) in [6.07, 6.45) is 3.90. The van der Waals surface area contributed by atoms with E-state index >= 15 is 0 Å². The standard InChI is InChI=1S/C23H29N3O3S/c1-2-30(28,29)26-17-19-11-5-4-10-18(19)16-22(26)23(27)24-20-12-6-7-13-21(20)25-14-8-3-9-15-25/h4-7,10-13,22H,2-3,8-9,14-17H2,1H3,(H,24,27)/t22-/m1/s1. The Bertz CT molecular complexity index is 1020. The SMILES string of the molecule is CCS(=O)(=O)N1Cc2ccccc2C[C@@H]1C(=O)Nc1ccccc1N1CCCCC1. The lowest BCUT2D eigenvalue weighted by Gasteiger charge is -2.35. The topological polar surface area (TPSA) is 69.7 Å². The summed E-state index contributed by atoms with van der Waals surface area (Å²) >= 11 is 0. The number of nitrogens with one attached hydrogen (secondary N) is 1. The molecule has 0 radical (unpaired) electrons. The molecule has 0 bridgehead atoms. The van der Waals surface area contributed by atoms with Crippen molar-refractivity contribution in [3.8, 4) is 0 Å². The number of para-hydroxylation sites is 2. The van der Waals surface area contributed by atoms with Crippen LogP contribution in [0.15, 0.2) is 48.5 Å². The Morgan fingerprint density at radius 1 is 1.00 bits per heavy atom. The summed E-state index contributed by atoms with van der Waals surface area (Å²) in [5.41, 5.74) is 3.75. The summed E-state index contributed by atoms with van der Waals surface area (Å²) in [4.78, 5) is 15.7. The summed E-state index contributed by atoms with van der Waals surface area (Å²) in [7, 11) is -3.52. The Balaban J connectivity index is 1.62. The lowest BCUT2D eigenvalue weighted by atomic mass is 9.95. The van der Waals surface area contributed by atoms with Crippen LogP contribution in [0.4, 0.5) is 11.4 Å². The fourth-order valence-electron chi connectivity index (χ4n) is 4.39. The normalized spacial score (nSPS) is 19.9. The number of anilines is 2. The van der Waals surface area contributed by atoms with Crippen LogP contribution < -0.4 is 10.2 Å². The number of fused-ring (bicyclic) bond motifs is 1. The van der Waals surface area contributed by atoms with Crippen LogP contribution in [0.3, 0.4) is 0 Å². The highest BCUT2D eigenvalue weighted by Gasteiger charge is 2.38. The first-order chi connectivity index (χ1) is 14.5. The van der Waals surface area contributed by atoms with Crippen LogP contribution in [0.1, 0.15) is 37.3 Å². The minimum atomic E-state index is -3.52. The van der Waals surface area contributed by atoms with Crippen LogP contribution in [-0.4, -0.2) is 43.5 Å². The zero-order valence-corrected chi connectivity index (χ0v) is 18.2. The van der Waals surface area contributed by atoms with Crippen LogP contribution in [0.2, 0.25) is 0 Å². The maximum atomic E-state index is 13.3. The van der Waals surface area contributed by atoms with E-state index in [4.69, 9.17) is 0 Å². The fraction of sp³-hybridized carbons (Fsp3) is 0.435. The molecule has 0 aliphatic carbocycles. The molecule has 4 rings (SSSR count). The average Bonchev–Trinajstić information content (AvgIpc) is 2.79. The van der Waals surface area contributed by atoms with Gasteiger partial charge in [-0.1, -0.05) is 36.4 Å². The second-order valence-corrected chi connectivity index (χ2v) is 10.2. The van der Waals surface area contributed by atoms with Gasteiger partial charge in [-0.2, -0.15) is 4.31 Å². The van der Waals surface area contributed by atoms with E-state index in [1.165, 1.54) is 10.7 Å². The molecule has 160 valence electrons. The quantitative estimate of drug-likeness (QED) is 0.794. The summed E-state index contributed by atoms with van der Waals surface area (Å²) in [5, 5.41) is 3.05. The molecule has 2 aliphatic heterocycles. The minimum Gasteiger partial charge on any atom is -0.370 e. The molecule has 1 amide bonds. The lowest BCUT2D eigenvalue weighted by molar-refractivity contribution is -0.120. The third-order valence-electron chi connectivity index (χ3n) is 6.09. The summed E-state index contributed by atoms with van der Waals surface area (Å²) < 4.78 is 26.9. The molecule has 0 saturated carbocycles. The monoisotopic (exact) mass is 427 g/mol. The van der Waals surface area contributed by atoms with Crippen molar-refractivity contribution in [2.45, 2.75) is 45.2 Å². The van der Waals surface area contributed by atoms with Gasteiger partial charge in [-0.25, -0.2) is 8.42 Å². The molecular weight excluding hydrogens is 398 g/mol. The van der Waals surface area contributed by atoms with Crippen molar-refractivity contribution in [3.05, 3.63) is 59.7 Å². The van der Waals surface area contributed by atoms with E-state index in [0.29, 0.717) is 6.42 Å². The number of sulfonamides is 1. The molecule has 30 heavy (non-hydrogen) atoms. The zero-order valence-electron chi connectivity index (χ0n) is 17.4. The van der Waals surface area contributed by atoms with Crippen LogP contribution in [0.25, 0.3) is 0 Å². The third kappa shape index (κ3) is 4.23. The molecule has 2 heterocycles. The van der Waals surface area contributed by atoms with Gasteiger partial charge in [-0.05, 0) is 55.9 Å². The smallest absolute Gasteiger partial charge is 0.243 e. The van der Waals surface area contributed by atoms with Gasteiger partial charge in [0.05, 0.1) is 17.1 Å². The molecule has 2 aliphatic rings. The van der Waals surface area contributed by atoms with E-state index in [0.717, 1.165) is 48.4 Å². The molecule has 0 aromatic heterocycles. The second-order valence-electron chi connectivity index (χ2n) is 7.99. The average molecular weight is 428 g/mol. The molecule has 1 N–H and O–H groups in total. The van der Waals surface area contributed by atoms with E-state index in [-0.39, 0.29) is 18.2 Å². The van der Waals surface area contributed by atoms with Gasteiger partial charge in [0, 0.05) is 19.6 Å². The van der Waals surface area contributed by atoms with Crippen LogP contribution in [0, 0.1) is 0 Å².